The second-order valence-electron chi connectivity index (χ2n) is 8.11. The molecule has 0 spiro atoms. The summed E-state index contributed by atoms with van der Waals surface area (Å²) in [5.41, 5.74) is 2.20. The predicted octanol–water partition coefficient (Wildman–Crippen LogP) is 7.07. The first-order valence-electron chi connectivity index (χ1n) is 10.9. The van der Waals surface area contributed by atoms with E-state index in [0.29, 0.717) is 0 Å². The van der Waals surface area contributed by atoms with Crippen LogP contribution in [0, 0.1) is 0 Å². The van der Waals surface area contributed by atoms with Gasteiger partial charge in [0.1, 0.15) is 0 Å². The van der Waals surface area contributed by atoms with Crippen molar-refractivity contribution in [1.82, 2.24) is 15.0 Å². The normalized spacial score (nSPS) is 11.9. The van der Waals surface area contributed by atoms with E-state index in [0.717, 1.165) is 17.8 Å². The maximum atomic E-state index is 4.46. The van der Waals surface area contributed by atoms with Gasteiger partial charge in [-0.2, -0.15) is 0 Å². The lowest BCUT2D eigenvalue weighted by Gasteiger charge is -2.13. The summed E-state index contributed by atoms with van der Waals surface area (Å²) in [7, 11) is 0. The monoisotopic (exact) mass is 381 g/mol. The van der Waals surface area contributed by atoms with Crippen molar-refractivity contribution in [3.63, 3.8) is 0 Å². The molecule has 5 aromatic rings. The van der Waals surface area contributed by atoms with Gasteiger partial charge in [0.05, 0.1) is 17.6 Å². The number of unbranched alkanes of at least 4 members (excludes halogenated alkanes) is 5. The number of benzene rings is 4. The topological polar surface area (TPSA) is 30.7 Å². The molecule has 0 bridgehead atoms. The highest BCUT2D eigenvalue weighted by molar-refractivity contribution is 6.24. The average Bonchev–Trinajstić information content (AvgIpc) is 3.23. The largest absolute Gasteiger partial charge is 0.220 e. The fraction of sp³-hybridized carbons (Fsp3) is 0.308. The molecule has 29 heavy (non-hydrogen) atoms. The summed E-state index contributed by atoms with van der Waals surface area (Å²) in [4.78, 5) is 0. The van der Waals surface area contributed by atoms with Gasteiger partial charge in [-0.15, -0.1) is 5.10 Å². The number of nitrogens with zero attached hydrogens (tertiary/aromatic N) is 3. The Morgan fingerprint density at radius 3 is 2.24 bits per heavy atom. The van der Waals surface area contributed by atoms with Crippen LogP contribution in [-0.4, -0.2) is 15.0 Å². The molecule has 0 aliphatic heterocycles. The summed E-state index contributed by atoms with van der Waals surface area (Å²) in [5.74, 6) is 0. The molecule has 3 nitrogen and oxygen atoms in total. The van der Waals surface area contributed by atoms with Crippen molar-refractivity contribution >= 4 is 32.3 Å². The smallest absolute Gasteiger partial charge is 0.0831 e. The summed E-state index contributed by atoms with van der Waals surface area (Å²) in [5, 5.41) is 16.7. The Labute approximate surface area is 171 Å². The van der Waals surface area contributed by atoms with Crippen molar-refractivity contribution in [3.8, 4) is 5.69 Å². The molecule has 0 aliphatic rings. The third-order valence-electron chi connectivity index (χ3n) is 6.08. The summed E-state index contributed by atoms with van der Waals surface area (Å²) >= 11 is 0. The molecule has 0 saturated heterocycles. The van der Waals surface area contributed by atoms with Gasteiger partial charge in [-0.1, -0.05) is 92.8 Å². The van der Waals surface area contributed by atoms with E-state index >= 15 is 0 Å². The van der Waals surface area contributed by atoms with Crippen molar-refractivity contribution in [2.24, 2.45) is 0 Å². The Balaban J connectivity index is 1.46. The van der Waals surface area contributed by atoms with Gasteiger partial charge < -0.3 is 0 Å². The van der Waals surface area contributed by atoms with Crippen LogP contribution < -0.4 is 0 Å². The van der Waals surface area contributed by atoms with Crippen LogP contribution in [0.2, 0.25) is 0 Å². The number of rotatable bonds is 8. The van der Waals surface area contributed by atoms with Crippen molar-refractivity contribution in [2.75, 3.05) is 0 Å². The maximum absolute atomic E-state index is 4.46. The van der Waals surface area contributed by atoms with Gasteiger partial charge in [0, 0.05) is 5.39 Å². The molecule has 146 valence electrons. The van der Waals surface area contributed by atoms with Gasteiger partial charge in [-0.3, -0.25) is 0 Å². The molecule has 0 fully saturated rings. The summed E-state index contributed by atoms with van der Waals surface area (Å²) < 4.78 is 1.96. The van der Waals surface area contributed by atoms with Gasteiger partial charge in [0.2, 0.25) is 0 Å². The Morgan fingerprint density at radius 2 is 1.41 bits per heavy atom. The molecule has 0 saturated carbocycles. The van der Waals surface area contributed by atoms with E-state index in [1.54, 1.807) is 0 Å². The molecular weight excluding hydrogens is 354 g/mol. The number of hydrogen-bond donors (Lipinski definition) is 0. The molecule has 1 heterocycles. The minimum atomic E-state index is 1.01. The molecule has 0 unspecified atom stereocenters. The molecule has 0 amide bonds. The first-order chi connectivity index (χ1) is 14.3. The quantitative estimate of drug-likeness (QED) is 0.213. The predicted molar refractivity (Wildman–Crippen MR) is 122 cm³/mol. The highest BCUT2D eigenvalue weighted by atomic mass is 15.4. The molecule has 0 radical (unpaired) electrons. The van der Waals surface area contributed by atoms with Gasteiger partial charge in [0.25, 0.3) is 0 Å². The van der Waals surface area contributed by atoms with E-state index in [1.807, 2.05) is 4.68 Å². The zero-order valence-corrected chi connectivity index (χ0v) is 17.1. The van der Waals surface area contributed by atoms with Crippen molar-refractivity contribution in [3.05, 3.63) is 66.5 Å². The van der Waals surface area contributed by atoms with Gasteiger partial charge in [-0.25, -0.2) is 4.68 Å². The second-order valence-corrected chi connectivity index (χ2v) is 8.11. The Hall–Kier alpha value is -2.94. The van der Waals surface area contributed by atoms with E-state index in [-0.39, 0.29) is 0 Å². The zero-order valence-electron chi connectivity index (χ0n) is 17.1. The minimum Gasteiger partial charge on any atom is -0.220 e. The van der Waals surface area contributed by atoms with E-state index in [4.69, 9.17) is 0 Å². The molecule has 3 heteroatoms. The van der Waals surface area contributed by atoms with Crippen molar-refractivity contribution in [2.45, 2.75) is 51.9 Å². The van der Waals surface area contributed by atoms with Crippen LogP contribution in [0.4, 0.5) is 0 Å². The van der Waals surface area contributed by atoms with Gasteiger partial charge >= 0.3 is 0 Å². The molecule has 1 aromatic heterocycles. The lowest BCUT2D eigenvalue weighted by Crippen LogP contribution is -1.97. The Kier molecular flexibility index (Phi) is 4.89. The average molecular weight is 382 g/mol. The summed E-state index contributed by atoms with van der Waals surface area (Å²) in [6, 6.07) is 19.8. The van der Waals surface area contributed by atoms with Crippen LogP contribution in [0.5, 0.6) is 0 Å². The summed E-state index contributed by atoms with van der Waals surface area (Å²) in [6.07, 6.45) is 10.9. The lowest BCUT2D eigenvalue weighted by molar-refractivity contribution is 0.604. The van der Waals surface area contributed by atoms with Crippen LogP contribution in [0.1, 0.15) is 51.1 Å². The SMILES string of the molecule is CCCCCCCCc1cn(-c2ccc3ccc4cccc5ccc2c3c45)nn1. The van der Waals surface area contributed by atoms with Gasteiger partial charge in [-0.05, 0) is 45.8 Å². The van der Waals surface area contributed by atoms with E-state index in [9.17, 15) is 0 Å². The maximum Gasteiger partial charge on any atom is 0.0831 e. The molecular formula is C26H27N3. The minimum absolute atomic E-state index is 1.01. The highest BCUT2D eigenvalue weighted by Gasteiger charge is 2.12. The highest BCUT2D eigenvalue weighted by Crippen LogP contribution is 2.36. The number of aromatic nitrogens is 3. The van der Waals surface area contributed by atoms with Crippen LogP contribution in [-0.2, 0) is 6.42 Å². The molecule has 0 aliphatic carbocycles. The van der Waals surface area contributed by atoms with Crippen LogP contribution >= 0.6 is 0 Å². The standard InChI is InChI=1S/C26H27N3/c1-2-3-4-5-6-7-11-22-18-29(28-27-22)24-17-15-21-13-12-19-9-8-10-20-14-16-23(24)26(21)25(19)20/h8-10,12-18H,2-7,11H2,1H3. The lowest BCUT2D eigenvalue weighted by atomic mass is 9.93. The third-order valence-corrected chi connectivity index (χ3v) is 6.08. The molecule has 4 aromatic carbocycles. The van der Waals surface area contributed by atoms with E-state index in [1.165, 1.54) is 70.8 Å². The van der Waals surface area contributed by atoms with Crippen LogP contribution in [0.25, 0.3) is 38.0 Å². The van der Waals surface area contributed by atoms with Crippen LogP contribution in [0.3, 0.4) is 0 Å². The second kappa shape index (κ2) is 7.82. The fourth-order valence-corrected chi connectivity index (χ4v) is 4.54. The zero-order chi connectivity index (χ0) is 19.6. The number of aryl methyl sites for hydroxylation is 1. The summed E-state index contributed by atoms with van der Waals surface area (Å²) in [6.45, 7) is 2.26. The first-order valence-corrected chi connectivity index (χ1v) is 10.9. The molecule has 0 N–H and O–H groups in total. The number of hydrogen-bond acceptors (Lipinski definition) is 2. The fourth-order valence-electron chi connectivity index (χ4n) is 4.54. The third kappa shape index (κ3) is 3.35. The molecule has 5 rings (SSSR count). The van der Waals surface area contributed by atoms with Crippen molar-refractivity contribution in [1.29, 1.82) is 0 Å². The van der Waals surface area contributed by atoms with Crippen LogP contribution in [0.15, 0.2) is 60.8 Å². The Bertz CT molecular complexity index is 1240. The van der Waals surface area contributed by atoms with E-state index < -0.39 is 0 Å². The first kappa shape index (κ1) is 18.1. The van der Waals surface area contributed by atoms with Crippen molar-refractivity contribution < 1.29 is 0 Å². The molecule has 0 atom stereocenters. The Morgan fingerprint density at radius 1 is 0.724 bits per heavy atom. The van der Waals surface area contributed by atoms with Gasteiger partial charge in [0.15, 0.2) is 0 Å². The van der Waals surface area contributed by atoms with E-state index in [2.05, 4.69) is 78.0 Å².